The van der Waals surface area contributed by atoms with Crippen LogP contribution in [0.4, 0.5) is 0 Å². The number of carbonyl (C=O) groups excluding carboxylic acids is 1. The second-order valence-corrected chi connectivity index (χ2v) is 4.56. The molecule has 0 bridgehead atoms. The molecule has 0 spiro atoms. The van der Waals surface area contributed by atoms with Crippen LogP contribution in [0.15, 0.2) is 29.3 Å². The van der Waals surface area contributed by atoms with Crippen LogP contribution in [-0.4, -0.2) is 45.9 Å². The molecule has 1 amide bonds. The molecule has 1 rings (SSSR count). The molecule has 0 aromatic heterocycles. The van der Waals surface area contributed by atoms with E-state index in [4.69, 9.17) is 14.2 Å². The van der Waals surface area contributed by atoms with Gasteiger partial charge in [-0.2, -0.15) is 0 Å². The number of amidine groups is 1. The third kappa shape index (κ3) is 6.58. The summed E-state index contributed by atoms with van der Waals surface area (Å²) in [4.78, 5) is 16.4. The molecule has 0 aliphatic carbocycles. The first-order valence-corrected chi connectivity index (χ1v) is 7.32. The molecule has 0 atom stereocenters. The zero-order valence-electron chi connectivity index (χ0n) is 13.4. The van der Waals surface area contributed by atoms with Gasteiger partial charge in [0.15, 0.2) is 0 Å². The number of hydrogen-bond acceptors (Lipinski definition) is 5. The average Bonchev–Trinajstić information content (AvgIpc) is 2.56. The van der Waals surface area contributed by atoms with Crippen molar-refractivity contribution in [3.05, 3.63) is 29.8 Å². The van der Waals surface area contributed by atoms with Gasteiger partial charge in [-0.15, -0.1) is 0 Å². The van der Waals surface area contributed by atoms with Crippen LogP contribution in [-0.2, 0) is 9.47 Å². The Kier molecular flexibility index (Phi) is 8.67. The van der Waals surface area contributed by atoms with Gasteiger partial charge in [0.2, 0.25) is 0 Å². The Morgan fingerprint density at radius 3 is 2.50 bits per heavy atom. The molecule has 0 aliphatic heterocycles. The van der Waals surface area contributed by atoms with E-state index in [-0.39, 0.29) is 11.9 Å². The van der Waals surface area contributed by atoms with E-state index in [1.54, 1.807) is 38.5 Å². The topological polar surface area (TPSA) is 69.2 Å². The molecule has 122 valence electrons. The summed E-state index contributed by atoms with van der Waals surface area (Å²) in [6.45, 7) is 3.66. The maximum absolute atomic E-state index is 12.2. The fourth-order valence-corrected chi connectivity index (χ4v) is 1.62. The zero-order chi connectivity index (χ0) is 16.2. The van der Waals surface area contributed by atoms with Crippen LogP contribution >= 0.6 is 0 Å². The molecule has 0 saturated heterocycles. The first-order chi connectivity index (χ1) is 10.7. The molecule has 6 heteroatoms. The predicted molar refractivity (Wildman–Crippen MR) is 85.5 cm³/mol. The van der Waals surface area contributed by atoms with Crippen molar-refractivity contribution in [2.45, 2.75) is 19.8 Å². The van der Waals surface area contributed by atoms with E-state index < -0.39 is 0 Å². The summed E-state index contributed by atoms with van der Waals surface area (Å²) in [7, 11) is 3.22. The molecule has 1 aromatic carbocycles. The standard InChI is InChI=1S/C16H24N2O4/c1-4-11-22-16(17-10-5-12-20-2)18-15(19)13-6-8-14(21-3)9-7-13/h6-9H,4-5,10-12H2,1-3H3,(H,17,18,19). The lowest BCUT2D eigenvalue weighted by Gasteiger charge is -2.10. The number of hydrogen-bond donors (Lipinski definition) is 1. The van der Waals surface area contributed by atoms with Crippen molar-refractivity contribution in [1.29, 1.82) is 0 Å². The van der Waals surface area contributed by atoms with Crippen molar-refractivity contribution in [3.8, 4) is 5.75 Å². The Bertz CT molecular complexity index is 472. The normalized spacial score (nSPS) is 11.1. The van der Waals surface area contributed by atoms with Gasteiger partial charge in [0.05, 0.1) is 13.7 Å². The Morgan fingerprint density at radius 2 is 1.91 bits per heavy atom. The van der Waals surface area contributed by atoms with Crippen molar-refractivity contribution in [2.75, 3.05) is 34.0 Å². The van der Waals surface area contributed by atoms with Crippen LogP contribution in [0, 0.1) is 0 Å². The van der Waals surface area contributed by atoms with Crippen LogP contribution in [0.3, 0.4) is 0 Å². The molecule has 0 aliphatic rings. The molecule has 0 saturated carbocycles. The first-order valence-electron chi connectivity index (χ1n) is 7.32. The van der Waals surface area contributed by atoms with E-state index in [1.807, 2.05) is 6.92 Å². The third-order valence-corrected chi connectivity index (χ3v) is 2.78. The van der Waals surface area contributed by atoms with Gasteiger partial charge in [0.1, 0.15) is 5.75 Å². The molecular weight excluding hydrogens is 284 g/mol. The fraction of sp³-hybridized carbons (Fsp3) is 0.500. The quantitative estimate of drug-likeness (QED) is 0.454. The number of aliphatic imine (C=N–C) groups is 1. The van der Waals surface area contributed by atoms with Crippen LogP contribution in [0.1, 0.15) is 30.1 Å². The molecule has 0 unspecified atom stereocenters. The maximum atomic E-state index is 12.2. The lowest BCUT2D eigenvalue weighted by atomic mass is 10.2. The summed E-state index contributed by atoms with van der Waals surface area (Å²) in [5, 5.41) is 2.69. The van der Waals surface area contributed by atoms with Crippen LogP contribution in [0.2, 0.25) is 0 Å². The summed E-state index contributed by atoms with van der Waals surface area (Å²) < 4.78 is 15.5. The highest BCUT2D eigenvalue weighted by Gasteiger charge is 2.10. The largest absolute Gasteiger partial charge is 0.497 e. The molecular formula is C16H24N2O4. The third-order valence-electron chi connectivity index (χ3n) is 2.78. The Morgan fingerprint density at radius 1 is 1.18 bits per heavy atom. The molecule has 1 aromatic rings. The van der Waals surface area contributed by atoms with Gasteiger partial charge in [-0.3, -0.25) is 10.1 Å². The number of ether oxygens (including phenoxy) is 3. The Balaban J connectivity index is 2.63. The van der Waals surface area contributed by atoms with Gasteiger partial charge in [-0.05, 0) is 37.1 Å². The smallest absolute Gasteiger partial charge is 0.291 e. The van der Waals surface area contributed by atoms with E-state index in [2.05, 4.69) is 10.3 Å². The second kappa shape index (κ2) is 10.6. The van der Waals surface area contributed by atoms with Crippen molar-refractivity contribution in [1.82, 2.24) is 5.32 Å². The molecule has 0 radical (unpaired) electrons. The number of rotatable bonds is 8. The minimum absolute atomic E-state index is 0.249. The van der Waals surface area contributed by atoms with Gasteiger partial charge in [0, 0.05) is 25.8 Å². The van der Waals surface area contributed by atoms with Crippen molar-refractivity contribution >= 4 is 11.9 Å². The second-order valence-electron chi connectivity index (χ2n) is 4.56. The zero-order valence-corrected chi connectivity index (χ0v) is 13.4. The van der Waals surface area contributed by atoms with Gasteiger partial charge in [-0.25, -0.2) is 4.99 Å². The minimum atomic E-state index is -0.260. The predicted octanol–water partition coefficient (Wildman–Crippen LogP) is 2.24. The van der Waals surface area contributed by atoms with Gasteiger partial charge >= 0.3 is 0 Å². The Labute approximate surface area is 131 Å². The fourth-order valence-electron chi connectivity index (χ4n) is 1.62. The minimum Gasteiger partial charge on any atom is -0.497 e. The number of carbonyl (C=O) groups is 1. The number of nitrogens with zero attached hydrogens (tertiary/aromatic N) is 1. The molecule has 22 heavy (non-hydrogen) atoms. The maximum Gasteiger partial charge on any atom is 0.291 e. The van der Waals surface area contributed by atoms with Crippen LogP contribution < -0.4 is 10.1 Å². The van der Waals surface area contributed by atoms with Crippen molar-refractivity contribution in [2.24, 2.45) is 4.99 Å². The summed E-state index contributed by atoms with van der Waals surface area (Å²) in [6.07, 6.45) is 1.61. The highest BCUT2D eigenvalue weighted by Crippen LogP contribution is 2.11. The van der Waals surface area contributed by atoms with Crippen LogP contribution in [0.5, 0.6) is 5.75 Å². The average molecular weight is 308 g/mol. The van der Waals surface area contributed by atoms with E-state index in [1.165, 1.54) is 0 Å². The highest BCUT2D eigenvalue weighted by molar-refractivity contribution is 6.04. The van der Waals surface area contributed by atoms with Gasteiger partial charge in [0.25, 0.3) is 11.9 Å². The van der Waals surface area contributed by atoms with E-state index in [9.17, 15) is 4.79 Å². The van der Waals surface area contributed by atoms with Crippen molar-refractivity contribution in [3.63, 3.8) is 0 Å². The summed E-state index contributed by atoms with van der Waals surface area (Å²) in [5.41, 5.74) is 0.519. The number of nitrogens with one attached hydrogen (secondary N) is 1. The SMILES string of the molecule is CCCOC(=NCCCOC)NC(=O)c1ccc(OC)cc1. The lowest BCUT2D eigenvalue weighted by molar-refractivity contribution is 0.0965. The van der Waals surface area contributed by atoms with E-state index >= 15 is 0 Å². The van der Waals surface area contributed by atoms with E-state index in [0.29, 0.717) is 31.1 Å². The number of methoxy groups -OCH3 is 2. The first kappa shape index (κ1) is 18.0. The lowest BCUT2D eigenvalue weighted by Crippen LogP contribution is -2.33. The molecule has 0 heterocycles. The summed E-state index contributed by atoms with van der Waals surface area (Å²) >= 11 is 0. The highest BCUT2D eigenvalue weighted by atomic mass is 16.5. The van der Waals surface area contributed by atoms with E-state index in [0.717, 1.165) is 12.8 Å². The number of benzene rings is 1. The molecule has 6 nitrogen and oxygen atoms in total. The van der Waals surface area contributed by atoms with Gasteiger partial charge < -0.3 is 14.2 Å². The van der Waals surface area contributed by atoms with Crippen molar-refractivity contribution < 1.29 is 19.0 Å². The molecule has 1 N–H and O–H groups in total. The summed E-state index contributed by atoms with van der Waals surface area (Å²) in [6, 6.07) is 7.10. The van der Waals surface area contributed by atoms with Gasteiger partial charge in [-0.1, -0.05) is 6.92 Å². The monoisotopic (exact) mass is 308 g/mol. The molecule has 0 fully saturated rings. The van der Waals surface area contributed by atoms with Crippen LogP contribution in [0.25, 0.3) is 0 Å². The Hall–Kier alpha value is -2.08. The summed E-state index contributed by atoms with van der Waals surface area (Å²) in [5.74, 6) is 0.441. The number of amides is 1.